The van der Waals surface area contributed by atoms with Gasteiger partial charge in [-0.15, -0.1) is 0 Å². The van der Waals surface area contributed by atoms with Gasteiger partial charge in [0.15, 0.2) is 0 Å². The predicted molar refractivity (Wildman–Crippen MR) is 81.6 cm³/mol. The van der Waals surface area contributed by atoms with Crippen LogP contribution in [0.3, 0.4) is 0 Å². The van der Waals surface area contributed by atoms with Gasteiger partial charge in [-0.2, -0.15) is 0 Å². The van der Waals surface area contributed by atoms with Crippen LogP contribution in [0.4, 0.5) is 4.39 Å². The fourth-order valence-electron chi connectivity index (χ4n) is 2.61. The van der Waals surface area contributed by atoms with Crippen LogP contribution in [0.15, 0.2) is 23.1 Å². The Bertz CT molecular complexity index is 660. The summed E-state index contributed by atoms with van der Waals surface area (Å²) in [6.45, 7) is 2.84. The molecule has 1 aromatic rings. The van der Waals surface area contributed by atoms with Crippen LogP contribution in [0.5, 0.6) is 0 Å². The molecule has 5 nitrogen and oxygen atoms in total. The number of rotatable bonds is 4. The van der Waals surface area contributed by atoms with Crippen molar-refractivity contribution in [2.24, 2.45) is 5.92 Å². The van der Waals surface area contributed by atoms with Crippen molar-refractivity contribution in [3.63, 3.8) is 0 Å². The minimum atomic E-state index is -4.00. The number of carbonyl (C=O) groups excluding carboxylic acids is 1. The van der Waals surface area contributed by atoms with Crippen LogP contribution >= 0.6 is 11.6 Å². The molecule has 0 aliphatic carbocycles. The van der Waals surface area contributed by atoms with E-state index in [4.69, 9.17) is 11.6 Å². The maximum atomic E-state index is 13.8. The Hall–Kier alpha value is -1.18. The van der Waals surface area contributed by atoms with Gasteiger partial charge in [0.2, 0.25) is 15.9 Å². The maximum absolute atomic E-state index is 13.8. The number of nitrogens with zero attached hydrogens (tertiary/aromatic N) is 2. The molecule has 0 spiro atoms. The van der Waals surface area contributed by atoms with Crippen molar-refractivity contribution in [3.05, 3.63) is 29.0 Å². The lowest BCUT2D eigenvalue weighted by Crippen LogP contribution is -2.34. The van der Waals surface area contributed by atoms with Crippen LogP contribution in [0, 0.1) is 11.7 Å². The van der Waals surface area contributed by atoms with Gasteiger partial charge in [0.1, 0.15) is 10.7 Å². The molecule has 1 saturated heterocycles. The molecule has 2 rings (SSSR count). The first-order valence-electron chi connectivity index (χ1n) is 6.89. The van der Waals surface area contributed by atoms with Gasteiger partial charge in [-0.3, -0.25) is 4.79 Å². The lowest BCUT2D eigenvalue weighted by atomic mass is 10.1. The third-order valence-corrected chi connectivity index (χ3v) is 6.16. The molecule has 1 aliphatic rings. The Morgan fingerprint density at radius 3 is 2.73 bits per heavy atom. The number of hydrogen-bond acceptors (Lipinski definition) is 3. The van der Waals surface area contributed by atoms with Crippen molar-refractivity contribution in [2.45, 2.75) is 18.2 Å². The summed E-state index contributed by atoms with van der Waals surface area (Å²) < 4.78 is 39.9. The fourth-order valence-corrected chi connectivity index (χ4v) is 4.42. The molecule has 1 atom stereocenters. The molecule has 8 heteroatoms. The molecular weight excluding hydrogens is 331 g/mol. The van der Waals surface area contributed by atoms with E-state index in [0.29, 0.717) is 13.1 Å². The molecule has 0 N–H and O–H groups in total. The zero-order valence-electron chi connectivity index (χ0n) is 12.4. The second-order valence-electron chi connectivity index (χ2n) is 5.46. The lowest BCUT2D eigenvalue weighted by Gasteiger charge is -2.22. The van der Waals surface area contributed by atoms with Gasteiger partial charge in [0.05, 0.1) is 5.02 Å². The third-order valence-electron chi connectivity index (χ3n) is 3.83. The maximum Gasteiger partial charge on any atom is 0.247 e. The monoisotopic (exact) mass is 348 g/mol. The Kier molecular flexibility index (Phi) is 5.09. The average Bonchev–Trinajstić information content (AvgIpc) is 2.86. The summed E-state index contributed by atoms with van der Waals surface area (Å²) in [5, 5.41) is -0.136. The van der Waals surface area contributed by atoms with Crippen LogP contribution in [0.25, 0.3) is 0 Å². The molecule has 1 aromatic carbocycles. The summed E-state index contributed by atoms with van der Waals surface area (Å²) in [4.78, 5) is 12.5. The van der Waals surface area contributed by atoms with E-state index < -0.39 is 20.7 Å². The highest BCUT2D eigenvalue weighted by Gasteiger charge is 2.31. The Balaban J connectivity index is 2.15. The summed E-state index contributed by atoms with van der Waals surface area (Å²) in [7, 11) is -2.61. The van der Waals surface area contributed by atoms with Crippen LogP contribution in [-0.4, -0.2) is 50.2 Å². The molecule has 1 amide bonds. The molecule has 0 bridgehead atoms. The number of likely N-dealkylation sites (tertiary alicyclic amines) is 1. The Morgan fingerprint density at radius 2 is 2.18 bits per heavy atom. The van der Waals surface area contributed by atoms with Gasteiger partial charge in [-0.25, -0.2) is 17.1 Å². The summed E-state index contributed by atoms with van der Waals surface area (Å²) in [6, 6.07) is 3.77. The van der Waals surface area contributed by atoms with E-state index in [1.807, 2.05) is 0 Å². The summed E-state index contributed by atoms with van der Waals surface area (Å²) in [6.07, 6.45) is 0.727. The van der Waals surface area contributed by atoms with E-state index in [1.165, 1.54) is 26.1 Å². The number of amides is 1. The van der Waals surface area contributed by atoms with E-state index in [0.717, 1.165) is 16.8 Å². The molecule has 0 saturated carbocycles. The van der Waals surface area contributed by atoms with Crippen molar-refractivity contribution < 1.29 is 17.6 Å². The van der Waals surface area contributed by atoms with Crippen LogP contribution in [0.1, 0.15) is 13.3 Å². The fraction of sp³-hybridized carbons (Fsp3) is 0.500. The quantitative estimate of drug-likeness (QED) is 0.836. The predicted octanol–water partition coefficient (Wildman–Crippen LogP) is 1.97. The highest BCUT2D eigenvalue weighted by atomic mass is 35.5. The zero-order chi connectivity index (χ0) is 16.5. The van der Waals surface area contributed by atoms with Gasteiger partial charge in [-0.1, -0.05) is 17.7 Å². The van der Waals surface area contributed by atoms with E-state index in [2.05, 4.69) is 0 Å². The third kappa shape index (κ3) is 3.42. The summed E-state index contributed by atoms with van der Waals surface area (Å²) in [5.41, 5.74) is 0. The summed E-state index contributed by atoms with van der Waals surface area (Å²) in [5.74, 6) is -0.851. The van der Waals surface area contributed by atoms with Crippen LogP contribution in [0.2, 0.25) is 5.02 Å². The van der Waals surface area contributed by atoms with Crippen LogP contribution in [-0.2, 0) is 14.8 Å². The molecule has 1 aliphatic heterocycles. The van der Waals surface area contributed by atoms with Gasteiger partial charge >= 0.3 is 0 Å². The van der Waals surface area contributed by atoms with E-state index in [-0.39, 0.29) is 23.4 Å². The summed E-state index contributed by atoms with van der Waals surface area (Å²) >= 11 is 5.84. The molecule has 22 heavy (non-hydrogen) atoms. The first-order valence-corrected chi connectivity index (χ1v) is 8.71. The molecule has 0 radical (unpaired) electrons. The van der Waals surface area contributed by atoms with Crippen molar-refractivity contribution in [1.29, 1.82) is 0 Å². The second kappa shape index (κ2) is 6.52. The van der Waals surface area contributed by atoms with Crippen molar-refractivity contribution >= 4 is 27.5 Å². The normalized spacial score (nSPS) is 19.0. The molecule has 1 fully saturated rings. The number of benzene rings is 1. The van der Waals surface area contributed by atoms with Crippen molar-refractivity contribution in [1.82, 2.24) is 9.21 Å². The van der Waals surface area contributed by atoms with Gasteiger partial charge in [-0.05, 0) is 24.5 Å². The minimum Gasteiger partial charge on any atom is -0.343 e. The average molecular weight is 349 g/mol. The van der Waals surface area contributed by atoms with E-state index in [9.17, 15) is 17.6 Å². The molecule has 122 valence electrons. The first-order chi connectivity index (χ1) is 10.2. The number of sulfonamides is 1. The standard InChI is InChI=1S/C14H18ClFN2O3S/c1-10(19)18-7-6-11(9-18)8-17(2)22(20,21)14-12(15)4-3-5-13(14)16/h3-5,11H,6-9H2,1-2H3. The topological polar surface area (TPSA) is 57.7 Å². The zero-order valence-corrected chi connectivity index (χ0v) is 14.0. The Morgan fingerprint density at radius 1 is 1.50 bits per heavy atom. The number of halogens is 2. The van der Waals surface area contributed by atoms with Gasteiger partial charge in [0.25, 0.3) is 0 Å². The van der Waals surface area contributed by atoms with Crippen molar-refractivity contribution in [3.8, 4) is 0 Å². The SMILES string of the molecule is CC(=O)N1CCC(CN(C)S(=O)(=O)c2c(F)cccc2Cl)C1. The van der Waals surface area contributed by atoms with Gasteiger partial charge < -0.3 is 4.90 Å². The molecule has 1 unspecified atom stereocenters. The van der Waals surface area contributed by atoms with Crippen molar-refractivity contribution in [2.75, 3.05) is 26.7 Å². The molecule has 1 heterocycles. The Labute approximate surface area is 134 Å². The minimum absolute atomic E-state index is 0.0230. The molecular formula is C14H18ClFN2O3S. The first kappa shape index (κ1) is 17.2. The number of carbonyl (C=O) groups is 1. The van der Waals surface area contributed by atoms with Gasteiger partial charge in [0, 0.05) is 33.6 Å². The smallest absolute Gasteiger partial charge is 0.247 e. The highest BCUT2D eigenvalue weighted by Crippen LogP contribution is 2.28. The van der Waals surface area contributed by atoms with E-state index >= 15 is 0 Å². The van der Waals surface area contributed by atoms with E-state index in [1.54, 1.807) is 4.90 Å². The second-order valence-corrected chi connectivity index (χ2v) is 7.84. The molecule has 0 aromatic heterocycles. The highest BCUT2D eigenvalue weighted by molar-refractivity contribution is 7.89. The van der Waals surface area contributed by atoms with Crippen LogP contribution < -0.4 is 0 Å². The lowest BCUT2D eigenvalue weighted by molar-refractivity contribution is -0.127. The number of hydrogen-bond donors (Lipinski definition) is 0. The largest absolute Gasteiger partial charge is 0.343 e.